The summed E-state index contributed by atoms with van der Waals surface area (Å²) >= 11 is 0. The normalized spacial score (nSPS) is 19.9. The van der Waals surface area contributed by atoms with Gasteiger partial charge in [0.25, 0.3) is 11.8 Å². The van der Waals surface area contributed by atoms with Gasteiger partial charge in [-0.2, -0.15) is 5.10 Å². The molecule has 2 aliphatic carbocycles. The largest absolute Gasteiger partial charge is 0.480 e. The Labute approximate surface area is 236 Å². The van der Waals surface area contributed by atoms with Crippen molar-refractivity contribution in [1.82, 2.24) is 30.3 Å². The number of hydrogen-bond acceptors (Lipinski definition) is 6. The summed E-state index contributed by atoms with van der Waals surface area (Å²) in [5.74, 6) is 0.526. The fourth-order valence-electron chi connectivity index (χ4n) is 6.09. The molecule has 40 heavy (non-hydrogen) atoms. The average Bonchev–Trinajstić information content (AvgIpc) is 3.55. The van der Waals surface area contributed by atoms with Gasteiger partial charge in [-0.25, -0.2) is 4.98 Å². The van der Waals surface area contributed by atoms with Crippen molar-refractivity contribution in [2.75, 3.05) is 26.7 Å². The van der Waals surface area contributed by atoms with Crippen LogP contribution in [0.4, 0.5) is 0 Å². The van der Waals surface area contributed by atoms with Crippen LogP contribution in [0.5, 0.6) is 5.88 Å². The molecule has 0 saturated carbocycles. The van der Waals surface area contributed by atoms with Crippen LogP contribution in [-0.2, 0) is 37.0 Å². The summed E-state index contributed by atoms with van der Waals surface area (Å²) in [5, 5.41) is 11.0. The lowest BCUT2D eigenvalue weighted by Crippen LogP contribution is -2.40. The van der Waals surface area contributed by atoms with E-state index in [0.29, 0.717) is 68.4 Å². The Morgan fingerprint density at radius 3 is 2.75 bits per heavy atom. The topological polar surface area (TPSA) is 118 Å². The predicted octanol–water partition coefficient (Wildman–Crippen LogP) is 2.85. The van der Waals surface area contributed by atoms with Gasteiger partial charge in [0.1, 0.15) is 5.56 Å². The molecule has 0 radical (unpaired) electrons. The third-order valence-electron chi connectivity index (χ3n) is 8.29. The van der Waals surface area contributed by atoms with Crippen molar-refractivity contribution in [2.45, 2.75) is 90.6 Å². The van der Waals surface area contributed by atoms with E-state index in [9.17, 15) is 14.4 Å². The molecule has 3 aliphatic rings. The number of fused-ring (bicyclic) bond motifs is 2. The summed E-state index contributed by atoms with van der Waals surface area (Å²) in [7, 11) is 1.54. The molecule has 2 bridgehead atoms. The minimum Gasteiger partial charge on any atom is -0.480 e. The number of aromatic nitrogens is 3. The van der Waals surface area contributed by atoms with Gasteiger partial charge in [0.15, 0.2) is 5.69 Å². The number of carbonyl (C=O) groups is 3. The molecule has 1 aliphatic heterocycles. The van der Waals surface area contributed by atoms with Crippen molar-refractivity contribution in [2.24, 2.45) is 5.92 Å². The van der Waals surface area contributed by atoms with Gasteiger partial charge in [0.2, 0.25) is 11.8 Å². The molecule has 2 aromatic rings. The number of aryl methyl sites for hydroxylation is 3. The van der Waals surface area contributed by atoms with Crippen LogP contribution in [0.2, 0.25) is 0 Å². The first-order valence-electron chi connectivity index (χ1n) is 14.9. The maximum absolute atomic E-state index is 13.7. The van der Waals surface area contributed by atoms with Crippen LogP contribution < -0.4 is 15.4 Å². The lowest BCUT2D eigenvalue weighted by atomic mass is 9.91. The van der Waals surface area contributed by atoms with Gasteiger partial charge in [-0.1, -0.05) is 13.8 Å². The zero-order chi connectivity index (χ0) is 28.2. The number of rotatable bonds is 5. The van der Waals surface area contributed by atoms with Crippen LogP contribution in [0, 0.1) is 5.92 Å². The quantitative estimate of drug-likeness (QED) is 0.591. The number of nitrogens with zero attached hydrogens (tertiary/aromatic N) is 4. The fraction of sp³-hybridized carbons (Fsp3) is 0.633. The highest BCUT2D eigenvalue weighted by molar-refractivity contribution is 5.97. The number of hydrogen-bond donors (Lipinski definition) is 2. The highest BCUT2D eigenvalue weighted by Crippen LogP contribution is 2.28. The van der Waals surface area contributed by atoms with E-state index in [0.717, 1.165) is 67.6 Å². The van der Waals surface area contributed by atoms with Crippen LogP contribution in [0.3, 0.4) is 0 Å². The van der Waals surface area contributed by atoms with Gasteiger partial charge in [0, 0.05) is 55.6 Å². The van der Waals surface area contributed by atoms with Crippen molar-refractivity contribution in [1.29, 1.82) is 0 Å². The maximum Gasteiger partial charge on any atom is 0.272 e. The van der Waals surface area contributed by atoms with E-state index in [2.05, 4.69) is 29.5 Å². The Morgan fingerprint density at radius 2 is 1.95 bits per heavy atom. The summed E-state index contributed by atoms with van der Waals surface area (Å²) in [4.78, 5) is 46.3. The third kappa shape index (κ3) is 6.15. The zero-order valence-corrected chi connectivity index (χ0v) is 24.1. The number of nitrogens with one attached hydrogen (secondary N) is 2. The van der Waals surface area contributed by atoms with Gasteiger partial charge in [-0.05, 0) is 75.3 Å². The Balaban J connectivity index is 1.34. The summed E-state index contributed by atoms with van der Waals surface area (Å²) < 4.78 is 7.50. The lowest BCUT2D eigenvalue weighted by Gasteiger charge is -2.25. The Morgan fingerprint density at radius 1 is 1.12 bits per heavy atom. The predicted molar refractivity (Wildman–Crippen MR) is 151 cm³/mol. The molecule has 0 aromatic carbocycles. The molecule has 3 heterocycles. The van der Waals surface area contributed by atoms with Gasteiger partial charge >= 0.3 is 0 Å². The molecule has 10 nitrogen and oxygen atoms in total. The second-order valence-corrected chi connectivity index (χ2v) is 11.7. The van der Waals surface area contributed by atoms with Gasteiger partial charge in [0.05, 0.1) is 7.11 Å². The molecule has 216 valence electrons. The van der Waals surface area contributed by atoms with Crippen molar-refractivity contribution in [3.8, 4) is 5.88 Å². The maximum atomic E-state index is 13.7. The second kappa shape index (κ2) is 12.4. The van der Waals surface area contributed by atoms with Crippen molar-refractivity contribution in [3.05, 3.63) is 39.8 Å². The first-order valence-corrected chi connectivity index (χ1v) is 14.9. The molecule has 10 heteroatoms. The molecular weight excluding hydrogens is 508 g/mol. The Kier molecular flexibility index (Phi) is 8.71. The number of pyridine rings is 1. The minimum atomic E-state index is -0.191. The van der Waals surface area contributed by atoms with Gasteiger partial charge in [-0.15, -0.1) is 0 Å². The SMILES string of the molecule is COc1nc2c(cc1C(=O)N1CCCNC(=O)c3nn(CCC(C)C)c4c3CC(CC4)NC(=O)CCC1)CCC2. The van der Waals surface area contributed by atoms with E-state index in [1.165, 1.54) is 0 Å². The molecular formula is C30H42N6O4. The molecule has 0 spiro atoms. The summed E-state index contributed by atoms with van der Waals surface area (Å²) in [6, 6.07) is 1.90. The number of amides is 3. The van der Waals surface area contributed by atoms with E-state index < -0.39 is 0 Å². The van der Waals surface area contributed by atoms with E-state index >= 15 is 0 Å². The van der Waals surface area contributed by atoms with Crippen molar-refractivity contribution in [3.63, 3.8) is 0 Å². The molecule has 1 atom stereocenters. The van der Waals surface area contributed by atoms with Crippen LogP contribution in [0.15, 0.2) is 6.07 Å². The highest BCUT2D eigenvalue weighted by Gasteiger charge is 2.30. The van der Waals surface area contributed by atoms with Gasteiger partial charge < -0.3 is 20.3 Å². The second-order valence-electron chi connectivity index (χ2n) is 11.7. The smallest absolute Gasteiger partial charge is 0.272 e. The van der Waals surface area contributed by atoms with E-state index in [1.807, 2.05) is 10.7 Å². The van der Waals surface area contributed by atoms with E-state index in [4.69, 9.17) is 9.84 Å². The Bertz CT molecular complexity index is 1270. The Hall–Kier alpha value is -3.43. The summed E-state index contributed by atoms with van der Waals surface area (Å²) in [6.07, 6.45) is 7.54. The molecule has 2 aromatic heterocycles. The number of carbonyl (C=O) groups excluding carboxylic acids is 3. The zero-order valence-electron chi connectivity index (χ0n) is 24.1. The molecule has 5 rings (SSSR count). The van der Waals surface area contributed by atoms with Crippen LogP contribution >= 0.6 is 0 Å². The molecule has 0 saturated heterocycles. The first-order chi connectivity index (χ1) is 19.3. The molecule has 0 fully saturated rings. The average molecular weight is 551 g/mol. The van der Waals surface area contributed by atoms with Crippen molar-refractivity contribution < 1.29 is 19.1 Å². The van der Waals surface area contributed by atoms with Gasteiger partial charge in [-0.3, -0.25) is 19.1 Å². The standard InChI is InChI=1S/C30H42N6O4/c1-19(2)12-16-36-25-11-10-21-18-22(25)27(34-36)28(38)31-13-6-15-35(14-5-9-26(37)32-21)30(39)23-17-20-7-4-8-24(20)33-29(23)40-3/h17,19,21H,4-16,18H2,1-3H3,(H,31,38)(H,32,37). The molecule has 1 unspecified atom stereocenters. The molecule has 3 amide bonds. The first kappa shape index (κ1) is 28.1. The van der Waals surface area contributed by atoms with Crippen LogP contribution in [0.1, 0.15) is 95.7 Å². The van der Waals surface area contributed by atoms with E-state index in [-0.39, 0.29) is 23.8 Å². The highest BCUT2D eigenvalue weighted by atomic mass is 16.5. The van der Waals surface area contributed by atoms with Crippen LogP contribution in [-0.4, -0.2) is 70.2 Å². The summed E-state index contributed by atoms with van der Waals surface area (Å²) in [5.41, 5.74) is 5.12. The van der Waals surface area contributed by atoms with E-state index in [1.54, 1.807) is 12.0 Å². The third-order valence-corrected chi connectivity index (χ3v) is 8.29. The monoisotopic (exact) mass is 550 g/mol. The fourth-order valence-corrected chi connectivity index (χ4v) is 6.09. The lowest BCUT2D eigenvalue weighted by molar-refractivity contribution is -0.122. The van der Waals surface area contributed by atoms with Crippen LogP contribution in [0.25, 0.3) is 0 Å². The summed E-state index contributed by atoms with van der Waals surface area (Å²) in [6.45, 7) is 6.47. The number of methoxy groups -OCH3 is 1. The van der Waals surface area contributed by atoms with Crippen molar-refractivity contribution >= 4 is 17.7 Å². The minimum absolute atomic E-state index is 0.0225. The molecule has 2 N–H and O–H groups in total. The number of ether oxygens (including phenoxy) is 1.